The molecule has 0 aliphatic carbocycles. The van der Waals surface area contributed by atoms with E-state index in [-0.39, 0.29) is 11.6 Å². The van der Waals surface area contributed by atoms with Crippen molar-refractivity contribution < 1.29 is 9.15 Å². The van der Waals surface area contributed by atoms with Gasteiger partial charge in [-0.05, 0) is 55.2 Å². The zero-order valence-electron chi connectivity index (χ0n) is 12.3. The molecule has 2 fully saturated rings. The molecule has 20 heavy (non-hydrogen) atoms. The summed E-state index contributed by atoms with van der Waals surface area (Å²) < 4.78 is 12.0. The molecule has 0 amide bonds. The van der Waals surface area contributed by atoms with E-state index >= 15 is 0 Å². The summed E-state index contributed by atoms with van der Waals surface area (Å²) in [5, 5.41) is 0. The summed E-state index contributed by atoms with van der Waals surface area (Å²) in [4.78, 5) is 0. The minimum atomic E-state index is 0.0191. The molecular weight excluding hydrogens is 270 g/mol. The van der Waals surface area contributed by atoms with Gasteiger partial charge in [0.05, 0.1) is 11.6 Å². The van der Waals surface area contributed by atoms with Crippen LogP contribution in [0.2, 0.25) is 0 Å². The van der Waals surface area contributed by atoms with Crippen LogP contribution in [0.25, 0.3) is 0 Å². The van der Waals surface area contributed by atoms with Gasteiger partial charge < -0.3 is 14.9 Å². The van der Waals surface area contributed by atoms with Crippen molar-refractivity contribution in [2.24, 2.45) is 11.7 Å². The zero-order valence-corrected chi connectivity index (χ0v) is 13.1. The summed E-state index contributed by atoms with van der Waals surface area (Å²) in [5.41, 5.74) is 6.58. The molecule has 0 radical (unpaired) electrons. The fraction of sp³-hybridized carbons (Fsp3) is 0.750. The van der Waals surface area contributed by atoms with Crippen LogP contribution in [0.3, 0.4) is 0 Å². The van der Waals surface area contributed by atoms with Gasteiger partial charge >= 0.3 is 0 Å². The van der Waals surface area contributed by atoms with Crippen LogP contribution in [-0.2, 0) is 11.2 Å². The topological polar surface area (TPSA) is 48.4 Å². The molecule has 2 saturated heterocycles. The van der Waals surface area contributed by atoms with Crippen molar-refractivity contribution in [1.29, 1.82) is 0 Å². The molecule has 3 nitrogen and oxygen atoms in total. The van der Waals surface area contributed by atoms with Gasteiger partial charge in [-0.3, -0.25) is 0 Å². The van der Waals surface area contributed by atoms with Gasteiger partial charge in [-0.1, -0.05) is 6.92 Å². The van der Waals surface area contributed by atoms with Crippen molar-refractivity contribution in [3.63, 3.8) is 0 Å². The smallest absolute Gasteiger partial charge is 0.121 e. The molecule has 1 aromatic rings. The van der Waals surface area contributed by atoms with Crippen LogP contribution in [-0.4, -0.2) is 23.7 Å². The number of furan rings is 1. The maximum Gasteiger partial charge on any atom is 0.121 e. The Morgan fingerprint density at radius 2 is 2.20 bits per heavy atom. The highest BCUT2D eigenvalue weighted by Gasteiger charge is 2.41. The fourth-order valence-corrected chi connectivity index (χ4v) is 4.70. The monoisotopic (exact) mass is 295 g/mol. The number of rotatable bonds is 3. The standard InChI is InChI=1S/C16H25NO2S/c1-2-13-3-4-14(19-13)15(17)12-5-8-18-16(11-12)6-9-20-10-7-16/h3-4,12,15H,2,5-11,17H2,1H3. The molecule has 1 aromatic heterocycles. The summed E-state index contributed by atoms with van der Waals surface area (Å²) >= 11 is 2.05. The first kappa shape index (κ1) is 14.5. The predicted molar refractivity (Wildman–Crippen MR) is 83.0 cm³/mol. The predicted octanol–water partition coefficient (Wildman–Crippen LogP) is 3.53. The second kappa shape index (κ2) is 6.12. The second-order valence-corrected chi connectivity index (χ2v) is 7.30. The van der Waals surface area contributed by atoms with Gasteiger partial charge in [0.1, 0.15) is 11.5 Å². The highest BCUT2D eigenvalue weighted by molar-refractivity contribution is 7.99. The first-order valence-electron chi connectivity index (χ1n) is 7.78. The molecule has 0 bridgehead atoms. The molecule has 2 atom stereocenters. The SMILES string of the molecule is CCc1ccc(C(N)C2CCOC3(CCSCC3)C2)o1. The minimum Gasteiger partial charge on any atom is -0.464 e. The van der Waals surface area contributed by atoms with Crippen LogP contribution in [0.4, 0.5) is 0 Å². The van der Waals surface area contributed by atoms with Gasteiger partial charge in [0.15, 0.2) is 0 Å². The van der Waals surface area contributed by atoms with Crippen LogP contribution in [0.5, 0.6) is 0 Å². The third-order valence-corrected chi connectivity index (χ3v) is 5.79. The highest BCUT2D eigenvalue weighted by atomic mass is 32.2. The van der Waals surface area contributed by atoms with E-state index < -0.39 is 0 Å². The van der Waals surface area contributed by atoms with E-state index in [0.29, 0.717) is 5.92 Å². The lowest BCUT2D eigenvalue weighted by Crippen LogP contribution is -2.45. The molecule has 2 aliphatic rings. The second-order valence-electron chi connectivity index (χ2n) is 6.08. The maximum absolute atomic E-state index is 6.47. The normalized spacial score (nSPS) is 27.6. The van der Waals surface area contributed by atoms with E-state index in [9.17, 15) is 0 Å². The van der Waals surface area contributed by atoms with E-state index in [1.165, 1.54) is 24.3 Å². The van der Waals surface area contributed by atoms with Crippen molar-refractivity contribution in [2.75, 3.05) is 18.1 Å². The summed E-state index contributed by atoms with van der Waals surface area (Å²) in [5.74, 6) is 4.92. The molecule has 0 saturated carbocycles. The Balaban J connectivity index is 1.69. The summed E-state index contributed by atoms with van der Waals surface area (Å²) in [6.07, 6.45) is 5.44. The van der Waals surface area contributed by atoms with Crippen LogP contribution >= 0.6 is 11.8 Å². The van der Waals surface area contributed by atoms with Crippen molar-refractivity contribution in [2.45, 2.75) is 50.7 Å². The van der Waals surface area contributed by atoms with E-state index in [0.717, 1.165) is 37.4 Å². The molecule has 2 N–H and O–H groups in total. The van der Waals surface area contributed by atoms with Gasteiger partial charge in [-0.25, -0.2) is 0 Å². The number of nitrogens with two attached hydrogens (primary N) is 1. The van der Waals surface area contributed by atoms with Crippen molar-refractivity contribution in [1.82, 2.24) is 0 Å². The zero-order chi connectivity index (χ0) is 14.0. The quantitative estimate of drug-likeness (QED) is 0.926. The lowest BCUT2D eigenvalue weighted by Gasteiger charge is -2.44. The van der Waals surface area contributed by atoms with Gasteiger partial charge in [0.2, 0.25) is 0 Å². The highest BCUT2D eigenvalue weighted by Crippen LogP contribution is 2.43. The Morgan fingerprint density at radius 1 is 1.40 bits per heavy atom. The van der Waals surface area contributed by atoms with E-state index in [2.05, 4.69) is 19.1 Å². The van der Waals surface area contributed by atoms with Crippen molar-refractivity contribution in [3.8, 4) is 0 Å². The van der Waals surface area contributed by atoms with Crippen LogP contribution < -0.4 is 5.73 Å². The van der Waals surface area contributed by atoms with Gasteiger partial charge in [-0.2, -0.15) is 11.8 Å². The Kier molecular flexibility index (Phi) is 4.43. The Morgan fingerprint density at radius 3 is 2.90 bits per heavy atom. The fourth-order valence-electron chi connectivity index (χ4n) is 3.46. The summed E-state index contributed by atoms with van der Waals surface area (Å²) in [7, 11) is 0. The maximum atomic E-state index is 6.47. The lowest BCUT2D eigenvalue weighted by molar-refractivity contribution is -0.106. The van der Waals surface area contributed by atoms with Crippen LogP contribution in [0, 0.1) is 5.92 Å². The minimum absolute atomic E-state index is 0.0191. The Labute approximate surface area is 125 Å². The summed E-state index contributed by atoms with van der Waals surface area (Å²) in [6.45, 7) is 2.96. The van der Waals surface area contributed by atoms with Crippen molar-refractivity contribution in [3.05, 3.63) is 23.7 Å². The van der Waals surface area contributed by atoms with Gasteiger partial charge in [0.25, 0.3) is 0 Å². The largest absolute Gasteiger partial charge is 0.464 e. The molecule has 112 valence electrons. The molecular formula is C16H25NO2S. The van der Waals surface area contributed by atoms with E-state index in [1.807, 2.05) is 11.8 Å². The van der Waals surface area contributed by atoms with Gasteiger partial charge in [-0.15, -0.1) is 0 Å². The number of thioether (sulfide) groups is 1. The third-order valence-electron chi connectivity index (χ3n) is 4.80. The van der Waals surface area contributed by atoms with Crippen molar-refractivity contribution >= 4 is 11.8 Å². The molecule has 0 aromatic carbocycles. The average Bonchev–Trinajstić information content (AvgIpc) is 2.96. The summed E-state index contributed by atoms with van der Waals surface area (Å²) in [6, 6.07) is 4.13. The molecule has 1 spiro atoms. The lowest BCUT2D eigenvalue weighted by atomic mass is 9.78. The molecule has 3 rings (SSSR count). The van der Waals surface area contributed by atoms with E-state index in [4.69, 9.17) is 14.9 Å². The molecule has 3 heterocycles. The Bertz CT molecular complexity index is 434. The number of hydrogen-bond acceptors (Lipinski definition) is 4. The first-order chi connectivity index (χ1) is 9.72. The van der Waals surface area contributed by atoms with E-state index in [1.54, 1.807) is 0 Å². The Hall–Kier alpha value is -0.450. The number of aryl methyl sites for hydroxylation is 1. The average molecular weight is 295 g/mol. The number of hydrogen-bond donors (Lipinski definition) is 1. The first-order valence-corrected chi connectivity index (χ1v) is 8.94. The van der Waals surface area contributed by atoms with Gasteiger partial charge in [0, 0.05) is 13.0 Å². The van der Waals surface area contributed by atoms with Crippen LogP contribution in [0.1, 0.15) is 50.2 Å². The van der Waals surface area contributed by atoms with Crippen LogP contribution in [0.15, 0.2) is 16.5 Å². The molecule has 2 unspecified atom stereocenters. The number of ether oxygens (including phenoxy) is 1. The molecule has 2 aliphatic heterocycles. The third kappa shape index (κ3) is 2.92. The molecule has 4 heteroatoms.